The van der Waals surface area contributed by atoms with Crippen molar-refractivity contribution in [3.63, 3.8) is 0 Å². The summed E-state index contributed by atoms with van der Waals surface area (Å²) in [6.07, 6.45) is 1.49. The number of rotatable bonds is 18. The summed E-state index contributed by atoms with van der Waals surface area (Å²) in [5.41, 5.74) is 5.01. The van der Waals surface area contributed by atoms with Gasteiger partial charge in [-0.2, -0.15) is 0 Å². The molecule has 2 unspecified atom stereocenters. The normalized spacial score (nSPS) is 12.5. The van der Waals surface area contributed by atoms with Crippen LogP contribution in [-0.4, -0.2) is 61.8 Å². The molecule has 0 aliphatic heterocycles. The molecule has 0 bridgehead atoms. The third-order valence-electron chi connectivity index (χ3n) is 6.70. The van der Waals surface area contributed by atoms with Crippen LogP contribution in [-0.2, 0) is 12.8 Å². The fourth-order valence-electron chi connectivity index (χ4n) is 4.45. The van der Waals surface area contributed by atoms with Crippen LogP contribution in [0.2, 0.25) is 0 Å². The molecule has 0 radical (unpaired) electrons. The van der Waals surface area contributed by atoms with Gasteiger partial charge in [0.2, 0.25) is 0 Å². The lowest BCUT2D eigenvalue weighted by atomic mass is 10.1. The smallest absolute Gasteiger partial charge is 0.119 e. The van der Waals surface area contributed by atoms with Gasteiger partial charge in [-0.1, -0.05) is 84.9 Å². The van der Waals surface area contributed by atoms with E-state index < -0.39 is 12.2 Å². The van der Waals surface area contributed by atoms with Crippen LogP contribution in [0.1, 0.15) is 28.7 Å². The lowest BCUT2D eigenvalue weighted by molar-refractivity contribution is 0.105. The van der Waals surface area contributed by atoms with E-state index >= 15 is 0 Å². The Morgan fingerprint density at radius 2 is 0.854 bits per heavy atom. The number of ether oxygens (including phenoxy) is 2. The fraction of sp³-hybridized carbons (Fsp3) is 0.314. The summed E-state index contributed by atoms with van der Waals surface area (Å²) >= 11 is 0. The molecule has 2 atom stereocenters. The number of nitrogens with one attached hydrogen (secondary N) is 2. The van der Waals surface area contributed by atoms with Crippen molar-refractivity contribution in [3.05, 3.63) is 131 Å². The van der Waals surface area contributed by atoms with Gasteiger partial charge >= 0.3 is 0 Å². The maximum absolute atomic E-state index is 10.2. The van der Waals surface area contributed by atoms with Crippen molar-refractivity contribution in [2.75, 3.05) is 39.4 Å². The number of hydrogen-bond acceptors (Lipinski definition) is 6. The van der Waals surface area contributed by atoms with Gasteiger partial charge in [0.1, 0.15) is 36.9 Å². The molecule has 4 rings (SSSR count). The zero-order chi connectivity index (χ0) is 28.5. The number of benzene rings is 4. The summed E-state index contributed by atoms with van der Waals surface area (Å²) < 4.78 is 11.5. The predicted octanol–water partition coefficient (Wildman–Crippen LogP) is 4.62. The van der Waals surface area contributed by atoms with Gasteiger partial charge in [-0.05, 0) is 78.9 Å². The van der Waals surface area contributed by atoms with E-state index in [0.29, 0.717) is 13.1 Å². The van der Waals surface area contributed by atoms with Crippen LogP contribution in [0.5, 0.6) is 11.5 Å². The molecule has 4 aromatic rings. The van der Waals surface area contributed by atoms with Crippen LogP contribution < -0.4 is 20.1 Å². The Hall–Kier alpha value is -3.68. The van der Waals surface area contributed by atoms with Crippen molar-refractivity contribution in [1.82, 2.24) is 10.6 Å². The first-order valence-electron chi connectivity index (χ1n) is 14.4. The maximum atomic E-state index is 10.2. The van der Waals surface area contributed by atoms with Crippen molar-refractivity contribution in [2.24, 2.45) is 0 Å². The third-order valence-corrected chi connectivity index (χ3v) is 6.70. The minimum Gasteiger partial charge on any atom is -0.491 e. The van der Waals surface area contributed by atoms with E-state index in [9.17, 15) is 10.2 Å². The van der Waals surface area contributed by atoms with E-state index in [1.807, 2.05) is 36.4 Å². The van der Waals surface area contributed by atoms with Crippen molar-refractivity contribution in [3.8, 4) is 11.5 Å². The first-order valence-corrected chi connectivity index (χ1v) is 14.4. The number of aliphatic hydroxyl groups excluding tert-OH is 2. The Labute approximate surface area is 244 Å². The Balaban J connectivity index is 0.990. The van der Waals surface area contributed by atoms with Gasteiger partial charge in [0.25, 0.3) is 0 Å². The molecule has 0 saturated heterocycles. The van der Waals surface area contributed by atoms with E-state index in [4.69, 9.17) is 9.47 Å². The molecule has 0 fully saturated rings. The SMILES string of the molecule is OC(CNCCCNCC(O)COc1ccc(Cc2ccccc2)cc1)COc1ccc(Cc2ccccc2)cc1. The Bertz CT molecular complexity index is 1140. The zero-order valence-corrected chi connectivity index (χ0v) is 23.6. The van der Waals surface area contributed by atoms with Crippen molar-refractivity contribution in [2.45, 2.75) is 31.5 Å². The molecule has 0 amide bonds. The molecule has 6 nitrogen and oxygen atoms in total. The molecule has 0 saturated carbocycles. The highest BCUT2D eigenvalue weighted by atomic mass is 16.5. The van der Waals surface area contributed by atoms with Crippen LogP contribution in [0.3, 0.4) is 0 Å². The van der Waals surface area contributed by atoms with E-state index in [1.54, 1.807) is 0 Å². The first-order chi connectivity index (χ1) is 20.1. The average Bonchev–Trinajstić information content (AvgIpc) is 3.01. The second kappa shape index (κ2) is 17.2. The highest BCUT2D eigenvalue weighted by molar-refractivity contribution is 5.32. The Kier molecular flexibility index (Phi) is 12.7. The average molecular weight is 555 g/mol. The second-order valence-corrected chi connectivity index (χ2v) is 10.3. The molecular formula is C35H42N2O4. The van der Waals surface area contributed by atoms with E-state index in [1.165, 1.54) is 22.3 Å². The van der Waals surface area contributed by atoms with Gasteiger partial charge in [0.05, 0.1) is 0 Å². The summed E-state index contributed by atoms with van der Waals surface area (Å²) in [5, 5.41) is 26.9. The van der Waals surface area contributed by atoms with E-state index in [0.717, 1.165) is 43.9 Å². The van der Waals surface area contributed by atoms with Gasteiger partial charge in [0.15, 0.2) is 0 Å². The Morgan fingerprint density at radius 1 is 0.488 bits per heavy atom. The van der Waals surface area contributed by atoms with Crippen LogP contribution >= 0.6 is 0 Å². The van der Waals surface area contributed by atoms with Crippen molar-refractivity contribution >= 4 is 0 Å². The van der Waals surface area contributed by atoms with E-state index in [2.05, 4.69) is 83.4 Å². The van der Waals surface area contributed by atoms with Gasteiger partial charge in [0, 0.05) is 13.1 Å². The van der Waals surface area contributed by atoms with Crippen LogP contribution in [0.4, 0.5) is 0 Å². The molecule has 4 N–H and O–H groups in total. The summed E-state index contributed by atoms with van der Waals surface area (Å²) in [4.78, 5) is 0. The van der Waals surface area contributed by atoms with Gasteiger partial charge in [-0.3, -0.25) is 0 Å². The summed E-state index contributed by atoms with van der Waals surface area (Å²) in [6.45, 7) is 2.94. The topological polar surface area (TPSA) is 83.0 Å². The lowest BCUT2D eigenvalue weighted by Crippen LogP contribution is -2.35. The highest BCUT2D eigenvalue weighted by Crippen LogP contribution is 2.17. The summed E-state index contributed by atoms with van der Waals surface area (Å²) in [7, 11) is 0. The first kappa shape index (κ1) is 30.3. The third kappa shape index (κ3) is 11.8. The standard InChI is InChI=1S/C35H42N2O4/c38-32(26-40-34-16-12-30(13-17-34)22-28-8-3-1-4-9-28)24-36-20-7-21-37-25-33(39)27-41-35-18-14-31(15-19-35)23-29-10-5-2-6-11-29/h1-6,8-19,32-33,36-39H,7,20-27H2. The predicted molar refractivity (Wildman–Crippen MR) is 165 cm³/mol. The molecule has 41 heavy (non-hydrogen) atoms. The quantitative estimate of drug-likeness (QED) is 0.134. The minimum atomic E-state index is -0.585. The van der Waals surface area contributed by atoms with E-state index in [-0.39, 0.29) is 13.2 Å². The zero-order valence-electron chi connectivity index (χ0n) is 23.6. The van der Waals surface area contributed by atoms with Crippen molar-refractivity contribution in [1.29, 1.82) is 0 Å². The molecule has 0 aliphatic rings. The molecule has 0 aliphatic carbocycles. The summed E-state index contributed by atoms with van der Waals surface area (Å²) in [5.74, 6) is 1.51. The Morgan fingerprint density at radius 3 is 1.24 bits per heavy atom. The summed E-state index contributed by atoms with van der Waals surface area (Å²) in [6, 6.07) is 36.8. The molecule has 6 heteroatoms. The van der Waals surface area contributed by atoms with Crippen LogP contribution in [0, 0.1) is 0 Å². The molecule has 216 valence electrons. The maximum Gasteiger partial charge on any atom is 0.119 e. The number of hydrogen-bond donors (Lipinski definition) is 4. The minimum absolute atomic E-state index is 0.241. The molecule has 0 spiro atoms. The second-order valence-electron chi connectivity index (χ2n) is 10.3. The molecule has 4 aromatic carbocycles. The molecule has 0 heterocycles. The lowest BCUT2D eigenvalue weighted by Gasteiger charge is -2.15. The largest absolute Gasteiger partial charge is 0.491 e. The molecule has 0 aromatic heterocycles. The highest BCUT2D eigenvalue weighted by Gasteiger charge is 2.07. The van der Waals surface area contributed by atoms with Gasteiger partial charge in [-0.25, -0.2) is 0 Å². The van der Waals surface area contributed by atoms with Crippen molar-refractivity contribution < 1.29 is 19.7 Å². The monoisotopic (exact) mass is 554 g/mol. The fourth-order valence-corrected chi connectivity index (χ4v) is 4.45. The van der Waals surface area contributed by atoms with Gasteiger partial charge in [-0.15, -0.1) is 0 Å². The van der Waals surface area contributed by atoms with Crippen LogP contribution in [0.25, 0.3) is 0 Å². The van der Waals surface area contributed by atoms with Crippen LogP contribution in [0.15, 0.2) is 109 Å². The van der Waals surface area contributed by atoms with Gasteiger partial charge < -0.3 is 30.3 Å². The molecular weight excluding hydrogens is 512 g/mol. The number of aliphatic hydroxyl groups is 2.